The number of nitrogens with one attached hydrogen (secondary N) is 1. The smallest absolute Gasteiger partial charge is 0.264 e. The van der Waals surface area contributed by atoms with Gasteiger partial charge in [-0.15, -0.1) is 0 Å². The van der Waals surface area contributed by atoms with Crippen molar-refractivity contribution in [3.05, 3.63) is 88.7 Å². The van der Waals surface area contributed by atoms with Gasteiger partial charge in [0.05, 0.1) is 10.6 Å². The van der Waals surface area contributed by atoms with Gasteiger partial charge in [-0.1, -0.05) is 24.3 Å². The highest BCUT2D eigenvalue weighted by molar-refractivity contribution is 9.10. The van der Waals surface area contributed by atoms with Crippen LogP contribution in [-0.2, 0) is 21.4 Å². The molecule has 0 aliphatic heterocycles. The maximum absolute atomic E-state index is 13.3. The number of pyridine rings is 1. The number of nitrogens with zero attached hydrogens (tertiary/aromatic N) is 2. The first-order valence-electron chi connectivity index (χ1n) is 8.87. The van der Waals surface area contributed by atoms with Crippen LogP contribution in [0.1, 0.15) is 11.1 Å². The number of hydrogen-bond donors (Lipinski definition) is 1. The molecule has 1 amide bonds. The summed E-state index contributed by atoms with van der Waals surface area (Å²) in [5.74, 6) is -0.408. The summed E-state index contributed by atoms with van der Waals surface area (Å²) < 4.78 is 28.4. The molecule has 6 nitrogen and oxygen atoms in total. The van der Waals surface area contributed by atoms with Crippen molar-refractivity contribution in [2.75, 3.05) is 10.8 Å². The summed E-state index contributed by atoms with van der Waals surface area (Å²) in [7, 11) is -3.94. The molecule has 0 unspecified atom stereocenters. The molecule has 1 aromatic heterocycles. The van der Waals surface area contributed by atoms with Crippen LogP contribution in [0.15, 0.2) is 82.4 Å². The van der Waals surface area contributed by atoms with Gasteiger partial charge in [0.25, 0.3) is 10.0 Å². The average molecular weight is 474 g/mol. The molecule has 0 saturated carbocycles. The molecule has 0 aliphatic rings. The monoisotopic (exact) mass is 473 g/mol. The van der Waals surface area contributed by atoms with E-state index in [1.54, 1.807) is 54.9 Å². The summed E-state index contributed by atoms with van der Waals surface area (Å²) in [5.41, 5.74) is 2.17. The normalized spacial score (nSPS) is 11.1. The molecular formula is C21H20BrN3O3S. The van der Waals surface area contributed by atoms with E-state index in [4.69, 9.17) is 0 Å². The number of rotatable bonds is 7. The molecule has 0 saturated heterocycles. The van der Waals surface area contributed by atoms with Gasteiger partial charge in [0.15, 0.2) is 0 Å². The largest absolute Gasteiger partial charge is 0.350 e. The average Bonchev–Trinajstić information content (AvgIpc) is 2.73. The zero-order valence-corrected chi connectivity index (χ0v) is 18.2. The van der Waals surface area contributed by atoms with E-state index >= 15 is 0 Å². The van der Waals surface area contributed by atoms with Gasteiger partial charge in [-0.3, -0.25) is 14.1 Å². The van der Waals surface area contributed by atoms with Crippen molar-refractivity contribution in [3.8, 4) is 0 Å². The van der Waals surface area contributed by atoms with Gasteiger partial charge in [-0.2, -0.15) is 0 Å². The van der Waals surface area contributed by atoms with Crippen LogP contribution in [0.2, 0.25) is 0 Å². The molecule has 150 valence electrons. The van der Waals surface area contributed by atoms with E-state index < -0.39 is 15.9 Å². The number of aryl methyl sites for hydroxylation is 1. The van der Waals surface area contributed by atoms with E-state index in [1.807, 2.05) is 13.0 Å². The topological polar surface area (TPSA) is 79.4 Å². The lowest BCUT2D eigenvalue weighted by molar-refractivity contribution is -0.119. The number of anilines is 1. The highest BCUT2D eigenvalue weighted by atomic mass is 79.9. The van der Waals surface area contributed by atoms with Crippen molar-refractivity contribution >= 4 is 37.5 Å². The molecule has 29 heavy (non-hydrogen) atoms. The molecule has 0 spiro atoms. The maximum atomic E-state index is 13.3. The molecule has 3 aromatic rings. The molecule has 0 fully saturated rings. The highest BCUT2D eigenvalue weighted by Gasteiger charge is 2.28. The summed E-state index contributed by atoms with van der Waals surface area (Å²) >= 11 is 3.42. The second kappa shape index (κ2) is 9.19. The Labute approximate surface area is 178 Å². The van der Waals surface area contributed by atoms with Crippen LogP contribution < -0.4 is 9.62 Å². The number of sulfonamides is 1. The lowest BCUT2D eigenvalue weighted by Crippen LogP contribution is -2.40. The molecule has 3 rings (SSSR count). The molecule has 0 atom stereocenters. The lowest BCUT2D eigenvalue weighted by atomic mass is 10.2. The van der Waals surface area contributed by atoms with E-state index in [-0.39, 0.29) is 18.0 Å². The standard InChI is InChI=1S/C21H20BrN3O3S/c1-16-7-8-19(22)20(13-16)25(29(27,28)18-5-3-2-4-6-18)15-21(26)24-14-17-9-11-23-12-10-17/h2-13H,14-15H2,1H3,(H,24,26). The number of aromatic nitrogens is 1. The van der Waals surface area contributed by atoms with Gasteiger partial charge in [0.2, 0.25) is 5.91 Å². The van der Waals surface area contributed by atoms with E-state index in [0.29, 0.717) is 10.2 Å². The van der Waals surface area contributed by atoms with Gasteiger partial charge < -0.3 is 5.32 Å². The molecule has 1 heterocycles. The molecular weight excluding hydrogens is 454 g/mol. The second-order valence-corrected chi connectivity index (χ2v) is 9.13. The minimum absolute atomic E-state index is 0.121. The Balaban J connectivity index is 1.91. The third kappa shape index (κ3) is 5.21. The summed E-state index contributed by atoms with van der Waals surface area (Å²) in [6.07, 6.45) is 3.27. The third-order valence-electron chi connectivity index (χ3n) is 4.23. The fourth-order valence-electron chi connectivity index (χ4n) is 2.72. The Hall–Kier alpha value is -2.71. The number of amides is 1. The third-order valence-corrected chi connectivity index (χ3v) is 6.67. The van der Waals surface area contributed by atoms with Gasteiger partial charge >= 0.3 is 0 Å². The van der Waals surface area contributed by atoms with Crippen LogP contribution in [0, 0.1) is 6.92 Å². The zero-order valence-electron chi connectivity index (χ0n) is 15.7. The van der Waals surface area contributed by atoms with E-state index in [1.165, 1.54) is 12.1 Å². The van der Waals surface area contributed by atoms with Gasteiger partial charge in [-0.25, -0.2) is 8.42 Å². The van der Waals surface area contributed by atoms with Crippen molar-refractivity contribution in [3.63, 3.8) is 0 Å². The number of carbonyl (C=O) groups excluding carboxylic acids is 1. The minimum Gasteiger partial charge on any atom is -0.350 e. The van der Waals surface area contributed by atoms with Crippen LogP contribution in [0.5, 0.6) is 0 Å². The maximum Gasteiger partial charge on any atom is 0.264 e. The van der Waals surface area contributed by atoms with E-state index in [2.05, 4.69) is 26.2 Å². The van der Waals surface area contributed by atoms with Gasteiger partial charge in [-0.05, 0) is 70.4 Å². The van der Waals surface area contributed by atoms with E-state index in [9.17, 15) is 13.2 Å². The predicted octanol–water partition coefficient (Wildman–Crippen LogP) is 3.66. The van der Waals surface area contributed by atoms with Crippen molar-refractivity contribution in [1.29, 1.82) is 0 Å². The van der Waals surface area contributed by atoms with Crippen LogP contribution in [-0.4, -0.2) is 25.9 Å². The van der Waals surface area contributed by atoms with Crippen molar-refractivity contribution in [1.82, 2.24) is 10.3 Å². The Morgan fingerprint density at radius 2 is 1.76 bits per heavy atom. The Kier molecular flexibility index (Phi) is 6.66. The highest BCUT2D eigenvalue weighted by Crippen LogP contribution is 2.31. The Bertz CT molecular complexity index is 1090. The fourth-order valence-corrected chi connectivity index (χ4v) is 4.75. The Morgan fingerprint density at radius 3 is 2.45 bits per heavy atom. The summed E-state index contributed by atoms with van der Waals surface area (Å²) in [6, 6.07) is 17.0. The first-order valence-corrected chi connectivity index (χ1v) is 11.1. The first-order chi connectivity index (χ1) is 13.9. The van der Waals surface area contributed by atoms with Crippen molar-refractivity contribution < 1.29 is 13.2 Å². The fraction of sp³-hybridized carbons (Fsp3) is 0.143. The van der Waals surface area contributed by atoms with Gasteiger partial charge in [0.1, 0.15) is 6.54 Å². The first kappa shape index (κ1) is 21.0. The van der Waals surface area contributed by atoms with Crippen molar-refractivity contribution in [2.45, 2.75) is 18.4 Å². The molecule has 0 radical (unpaired) electrons. The van der Waals surface area contributed by atoms with Crippen LogP contribution in [0.3, 0.4) is 0 Å². The van der Waals surface area contributed by atoms with E-state index in [0.717, 1.165) is 15.4 Å². The Morgan fingerprint density at radius 1 is 1.07 bits per heavy atom. The second-order valence-electron chi connectivity index (χ2n) is 6.41. The molecule has 8 heteroatoms. The quantitative estimate of drug-likeness (QED) is 0.567. The SMILES string of the molecule is Cc1ccc(Br)c(N(CC(=O)NCc2ccncc2)S(=O)(=O)c2ccccc2)c1. The van der Waals surface area contributed by atoms with Crippen LogP contribution in [0.25, 0.3) is 0 Å². The number of carbonyl (C=O) groups is 1. The number of halogens is 1. The van der Waals surface area contributed by atoms with Crippen LogP contribution >= 0.6 is 15.9 Å². The molecule has 1 N–H and O–H groups in total. The molecule has 0 bridgehead atoms. The predicted molar refractivity (Wildman–Crippen MR) is 116 cm³/mol. The number of hydrogen-bond acceptors (Lipinski definition) is 4. The van der Waals surface area contributed by atoms with Crippen LogP contribution in [0.4, 0.5) is 5.69 Å². The number of benzene rings is 2. The lowest BCUT2D eigenvalue weighted by Gasteiger charge is -2.25. The van der Waals surface area contributed by atoms with Crippen molar-refractivity contribution in [2.24, 2.45) is 0 Å². The summed E-state index contributed by atoms with van der Waals surface area (Å²) in [6.45, 7) is 1.81. The molecule has 2 aromatic carbocycles. The summed E-state index contributed by atoms with van der Waals surface area (Å²) in [4.78, 5) is 16.7. The minimum atomic E-state index is -3.94. The molecule has 0 aliphatic carbocycles. The summed E-state index contributed by atoms with van der Waals surface area (Å²) in [5, 5.41) is 2.77. The zero-order chi connectivity index (χ0) is 20.9. The van der Waals surface area contributed by atoms with Gasteiger partial charge in [0, 0.05) is 23.4 Å².